The third-order valence-corrected chi connectivity index (χ3v) is 1.75. The van der Waals surface area contributed by atoms with E-state index in [0.717, 1.165) is 25.7 Å². The first-order chi connectivity index (χ1) is 7.75. The number of rotatable bonds is 6. The lowest BCUT2D eigenvalue weighted by molar-refractivity contribution is -0.192. The molecule has 0 saturated heterocycles. The molecular weight excluding hydrogens is 241 g/mol. The van der Waals surface area contributed by atoms with Crippen LogP contribution in [0.1, 0.15) is 25.7 Å². The smallest absolute Gasteiger partial charge is 0.475 e. The molecule has 0 rings (SSSR count). The molecule has 0 aliphatic heterocycles. The number of aliphatic hydroxyl groups is 1. The average Bonchev–Trinajstić information content (AvgIpc) is 2.23. The van der Waals surface area contributed by atoms with E-state index in [9.17, 15) is 13.2 Å². The maximum absolute atomic E-state index is 10.6. The monoisotopic (exact) mass is 260 g/mol. The summed E-state index contributed by atoms with van der Waals surface area (Å²) < 4.78 is 31.7. The lowest BCUT2D eigenvalue weighted by atomic mass is 10.1. The van der Waals surface area contributed by atoms with Crippen LogP contribution in [0.2, 0.25) is 0 Å². The molecule has 0 aromatic rings. The number of hydrogen-bond donors (Lipinski definition) is 4. The van der Waals surface area contributed by atoms with Gasteiger partial charge in [-0.15, -0.1) is 0 Å². The van der Waals surface area contributed by atoms with Gasteiger partial charge in [0, 0.05) is 12.6 Å². The van der Waals surface area contributed by atoms with Gasteiger partial charge in [-0.3, -0.25) is 0 Å². The van der Waals surface area contributed by atoms with E-state index < -0.39 is 12.1 Å². The Morgan fingerprint density at radius 1 is 1.24 bits per heavy atom. The van der Waals surface area contributed by atoms with Crippen molar-refractivity contribution in [2.24, 2.45) is 11.5 Å². The zero-order valence-corrected chi connectivity index (χ0v) is 9.41. The molecular formula is C9H19F3N2O3. The van der Waals surface area contributed by atoms with E-state index in [1.807, 2.05) is 0 Å². The van der Waals surface area contributed by atoms with Gasteiger partial charge in [0.2, 0.25) is 0 Å². The van der Waals surface area contributed by atoms with Gasteiger partial charge >= 0.3 is 12.1 Å². The normalized spacial score (nSPS) is 12.6. The SMILES string of the molecule is NCCCC(N)CCCO.O=C(O)C(F)(F)F. The van der Waals surface area contributed by atoms with Crippen LogP contribution in [0, 0.1) is 0 Å². The predicted octanol–water partition coefficient (Wildman–Crippen LogP) is 0.458. The van der Waals surface area contributed by atoms with E-state index in [-0.39, 0.29) is 12.6 Å². The summed E-state index contributed by atoms with van der Waals surface area (Å²) in [6.07, 6.45) is -1.38. The van der Waals surface area contributed by atoms with Gasteiger partial charge in [0.1, 0.15) is 0 Å². The summed E-state index contributed by atoms with van der Waals surface area (Å²) >= 11 is 0. The van der Waals surface area contributed by atoms with E-state index in [0.29, 0.717) is 6.54 Å². The van der Waals surface area contributed by atoms with Crippen molar-refractivity contribution in [2.45, 2.75) is 37.9 Å². The molecule has 0 aromatic carbocycles. The Morgan fingerprint density at radius 2 is 1.65 bits per heavy atom. The molecule has 17 heavy (non-hydrogen) atoms. The number of alkyl halides is 3. The topological polar surface area (TPSA) is 110 Å². The highest BCUT2D eigenvalue weighted by molar-refractivity contribution is 5.73. The maximum atomic E-state index is 10.6. The highest BCUT2D eigenvalue weighted by atomic mass is 19.4. The molecule has 1 unspecified atom stereocenters. The fourth-order valence-corrected chi connectivity index (χ4v) is 0.878. The average molecular weight is 260 g/mol. The Morgan fingerprint density at radius 3 is 1.94 bits per heavy atom. The quantitative estimate of drug-likeness (QED) is 0.554. The van der Waals surface area contributed by atoms with Crippen molar-refractivity contribution in [2.75, 3.05) is 13.2 Å². The minimum absolute atomic E-state index is 0.232. The number of aliphatic hydroxyl groups excluding tert-OH is 1. The summed E-state index contributed by atoms with van der Waals surface area (Å²) in [5.74, 6) is -2.76. The van der Waals surface area contributed by atoms with Crippen molar-refractivity contribution < 1.29 is 28.2 Å². The Labute approximate surface area is 97.6 Å². The Kier molecular flexibility index (Phi) is 11.2. The number of aliphatic carboxylic acids is 1. The summed E-state index contributed by atoms with van der Waals surface area (Å²) in [5, 5.41) is 15.6. The van der Waals surface area contributed by atoms with E-state index in [1.54, 1.807) is 0 Å². The van der Waals surface area contributed by atoms with Crippen LogP contribution in [0.25, 0.3) is 0 Å². The Balaban J connectivity index is 0. The number of nitrogens with two attached hydrogens (primary N) is 2. The van der Waals surface area contributed by atoms with Crippen molar-refractivity contribution in [1.82, 2.24) is 0 Å². The van der Waals surface area contributed by atoms with Crippen LogP contribution >= 0.6 is 0 Å². The van der Waals surface area contributed by atoms with Crippen molar-refractivity contribution >= 4 is 5.97 Å². The van der Waals surface area contributed by atoms with Gasteiger partial charge in [0.15, 0.2) is 0 Å². The zero-order valence-electron chi connectivity index (χ0n) is 9.41. The van der Waals surface area contributed by atoms with E-state index in [4.69, 9.17) is 26.5 Å². The molecule has 1 atom stereocenters. The lowest BCUT2D eigenvalue weighted by Gasteiger charge is -2.08. The minimum atomic E-state index is -5.08. The summed E-state index contributed by atoms with van der Waals surface area (Å²) in [5.41, 5.74) is 11.0. The Hall–Kier alpha value is -0.860. The second kappa shape index (κ2) is 10.3. The molecule has 6 N–H and O–H groups in total. The van der Waals surface area contributed by atoms with Gasteiger partial charge in [-0.05, 0) is 32.2 Å². The predicted molar refractivity (Wildman–Crippen MR) is 56.3 cm³/mol. The molecule has 8 heteroatoms. The molecule has 0 aliphatic carbocycles. The minimum Gasteiger partial charge on any atom is -0.475 e. The van der Waals surface area contributed by atoms with Crippen molar-refractivity contribution in [3.8, 4) is 0 Å². The molecule has 104 valence electrons. The summed E-state index contributed by atoms with van der Waals surface area (Å²) in [6.45, 7) is 0.961. The largest absolute Gasteiger partial charge is 0.490 e. The van der Waals surface area contributed by atoms with Gasteiger partial charge in [0.05, 0.1) is 0 Å². The Bertz CT molecular complexity index is 192. The summed E-state index contributed by atoms with van der Waals surface area (Å²) in [7, 11) is 0. The number of carboxylic acid groups (broad SMARTS) is 1. The number of carbonyl (C=O) groups is 1. The standard InChI is InChI=1S/C7H18N2O.C2HF3O2/c8-5-1-3-7(9)4-2-6-10;3-2(4,5)1(6)7/h7,10H,1-6,8-9H2;(H,6,7). The van der Waals surface area contributed by atoms with Crippen LogP contribution in [0.4, 0.5) is 13.2 Å². The molecule has 0 amide bonds. The number of carboxylic acids is 1. The zero-order chi connectivity index (χ0) is 13.9. The molecule has 0 radical (unpaired) electrons. The number of halogens is 3. The summed E-state index contributed by atoms with van der Waals surface area (Å²) in [4.78, 5) is 8.90. The van der Waals surface area contributed by atoms with Crippen LogP contribution < -0.4 is 11.5 Å². The van der Waals surface area contributed by atoms with Crippen molar-refractivity contribution in [3.05, 3.63) is 0 Å². The molecule has 0 aliphatic rings. The van der Waals surface area contributed by atoms with Crippen LogP contribution in [0.15, 0.2) is 0 Å². The van der Waals surface area contributed by atoms with Crippen LogP contribution in [0.5, 0.6) is 0 Å². The first-order valence-electron chi connectivity index (χ1n) is 5.12. The molecule has 0 saturated carbocycles. The third kappa shape index (κ3) is 15.1. The van der Waals surface area contributed by atoms with Gasteiger partial charge in [-0.2, -0.15) is 13.2 Å². The highest BCUT2D eigenvalue weighted by Gasteiger charge is 2.38. The van der Waals surface area contributed by atoms with Crippen molar-refractivity contribution in [3.63, 3.8) is 0 Å². The van der Waals surface area contributed by atoms with Gasteiger partial charge in [-0.1, -0.05) is 0 Å². The van der Waals surface area contributed by atoms with Gasteiger partial charge < -0.3 is 21.7 Å². The second-order valence-electron chi connectivity index (χ2n) is 3.36. The molecule has 0 aromatic heterocycles. The summed E-state index contributed by atoms with van der Waals surface area (Å²) in [6, 6.07) is 0.232. The lowest BCUT2D eigenvalue weighted by Crippen LogP contribution is -2.21. The fraction of sp³-hybridized carbons (Fsp3) is 0.889. The van der Waals surface area contributed by atoms with E-state index in [1.165, 1.54) is 0 Å². The first-order valence-corrected chi connectivity index (χ1v) is 5.12. The van der Waals surface area contributed by atoms with Crippen LogP contribution in [-0.4, -0.2) is 41.6 Å². The number of hydrogen-bond acceptors (Lipinski definition) is 4. The van der Waals surface area contributed by atoms with E-state index in [2.05, 4.69) is 0 Å². The van der Waals surface area contributed by atoms with Gasteiger partial charge in [0.25, 0.3) is 0 Å². The van der Waals surface area contributed by atoms with Crippen LogP contribution in [0.3, 0.4) is 0 Å². The molecule has 0 fully saturated rings. The van der Waals surface area contributed by atoms with Crippen LogP contribution in [-0.2, 0) is 4.79 Å². The molecule has 0 heterocycles. The molecule has 0 spiro atoms. The van der Waals surface area contributed by atoms with Crippen molar-refractivity contribution in [1.29, 1.82) is 0 Å². The van der Waals surface area contributed by atoms with Gasteiger partial charge in [-0.25, -0.2) is 4.79 Å². The fourth-order valence-electron chi connectivity index (χ4n) is 0.878. The highest BCUT2D eigenvalue weighted by Crippen LogP contribution is 2.13. The molecule has 0 bridgehead atoms. The van der Waals surface area contributed by atoms with E-state index >= 15 is 0 Å². The third-order valence-electron chi connectivity index (χ3n) is 1.75. The maximum Gasteiger partial charge on any atom is 0.490 e. The second-order valence-corrected chi connectivity index (χ2v) is 3.36. The molecule has 5 nitrogen and oxygen atoms in total. The first kappa shape index (κ1) is 18.5.